The zero-order valence-corrected chi connectivity index (χ0v) is 18.7. The second kappa shape index (κ2) is 7.73. The van der Waals surface area contributed by atoms with Crippen molar-refractivity contribution in [3.05, 3.63) is 95.2 Å². The third-order valence-electron chi connectivity index (χ3n) is 6.82. The molecule has 2 aliphatic heterocycles. The first kappa shape index (κ1) is 21.0. The van der Waals surface area contributed by atoms with Crippen molar-refractivity contribution >= 4 is 34.5 Å². The number of aromatic amines is 1. The number of aromatic carboxylic acids is 1. The molecule has 3 heterocycles. The Balaban J connectivity index is 1.56. The zero-order chi connectivity index (χ0) is 24.3. The van der Waals surface area contributed by atoms with Gasteiger partial charge >= 0.3 is 6.03 Å². The molecule has 6 rings (SSSR count). The van der Waals surface area contributed by atoms with Crippen molar-refractivity contribution < 1.29 is 24.2 Å². The summed E-state index contributed by atoms with van der Waals surface area (Å²) in [5.74, 6) is -1.29. The van der Waals surface area contributed by atoms with Crippen LogP contribution >= 0.6 is 0 Å². The number of H-pyrrole nitrogens is 1. The summed E-state index contributed by atoms with van der Waals surface area (Å²) in [6.45, 7) is 0. The summed E-state index contributed by atoms with van der Waals surface area (Å²) in [5, 5.41) is 12.7. The van der Waals surface area contributed by atoms with Crippen LogP contribution in [-0.2, 0) is 11.2 Å². The summed E-state index contributed by atoms with van der Waals surface area (Å²) >= 11 is 0. The van der Waals surface area contributed by atoms with Crippen LogP contribution in [0.1, 0.15) is 33.2 Å². The van der Waals surface area contributed by atoms with E-state index in [2.05, 4.69) is 4.98 Å². The third kappa shape index (κ3) is 3.03. The zero-order valence-electron chi connectivity index (χ0n) is 18.7. The number of anilines is 1. The molecule has 8 nitrogen and oxygen atoms in total. The van der Waals surface area contributed by atoms with Crippen LogP contribution < -0.4 is 14.7 Å². The average molecular weight is 466 g/mol. The molecule has 0 radical (unpaired) electrons. The molecule has 35 heavy (non-hydrogen) atoms. The van der Waals surface area contributed by atoms with E-state index in [0.29, 0.717) is 12.2 Å². The first-order valence-corrected chi connectivity index (χ1v) is 11.2. The molecule has 8 heteroatoms. The molecule has 174 valence electrons. The number of carbonyl (C=O) groups is 3. The van der Waals surface area contributed by atoms with Gasteiger partial charge in [-0.25, -0.2) is 9.69 Å². The Hall–Kier alpha value is -4.59. The Labute approximate surface area is 200 Å². The number of hydrogen-bond acceptors (Lipinski definition) is 5. The molecule has 2 atom stereocenters. The largest absolute Gasteiger partial charge is 0.545 e. The van der Waals surface area contributed by atoms with Gasteiger partial charge in [0.05, 0.1) is 18.8 Å². The molecule has 0 unspecified atom stereocenters. The van der Waals surface area contributed by atoms with Crippen LogP contribution in [-0.4, -0.2) is 40.9 Å². The van der Waals surface area contributed by atoms with Gasteiger partial charge in [-0.05, 0) is 35.4 Å². The number of nitrogens with zero attached hydrogens (tertiary/aromatic N) is 2. The fraction of sp³-hybridized carbons (Fsp3) is 0.148. The van der Waals surface area contributed by atoms with Gasteiger partial charge in [-0.2, -0.15) is 0 Å². The standard InChI is InChI=1S/C27H21N3O5/c1-35-16-8-6-7-15(13-16)24-23-19(17-9-2-4-11-20(17)28-23)14-22-25(31)30(27(34)29(22)24)21-12-5-3-10-18(21)26(32)33/h2-13,22,24,28H,14H2,1H3,(H,32,33)/p-1/t22-,24-/m0/s1. The first-order chi connectivity index (χ1) is 17.0. The highest BCUT2D eigenvalue weighted by molar-refractivity contribution is 6.23. The van der Waals surface area contributed by atoms with E-state index in [0.717, 1.165) is 32.6 Å². The molecule has 0 saturated carbocycles. The Bertz CT molecular complexity index is 1520. The summed E-state index contributed by atoms with van der Waals surface area (Å²) in [4.78, 5) is 45.3. The van der Waals surface area contributed by atoms with Crippen LogP contribution in [0.5, 0.6) is 5.75 Å². The fourth-order valence-electron chi connectivity index (χ4n) is 5.30. The van der Waals surface area contributed by atoms with Crippen LogP contribution in [0.4, 0.5) is 10.5 Å². The smallest absolute Gasteiger partial charge is 0.332 e. The summed E-state index contributed by atoms with van der Waals surface area (Å²) in [7, 11) is 1.57. The van der Waals surface area contributed by atoms with Gasteiger partial charge in [-0.15, -0.1) is 0 Å². The molecular weight excluding hydrogens is 446 g/mol. The van der Waals surface area contributed by atoms with Crippen LogP contribution in [0.15, 0.2) is 72.8 Å². The number of rotatable bonds is 4. The maximum Gasteiger partial charge on any atom is 0.332 e. The number of nitrogens with one attached hydrogen (secondary N) is 1. The van der Waals surface area contributed by atoms with E-state index < -0.39 is 30.0 Å². The predicted molar refractivity (Wildman–Crippen MR) is 126 cm³/mol. The lowest BCUT2D eigenvalue weighted by Crippen LogP contribution is -2.44. The van der Waals surface area contributed by atoms with Gasteiger partial charge in [0.25, 0.3) is 5.91 Å². The molecule has 1 aromatic heterocycles. The van der Waals surface area contributed by atoms with E-state index in [-0.39, 0.29) is 11.3 Å². The van der Waals surface area contributed by atoms with Gasteiger partial charge in [0, 0.05) is 28.6 Å². The second-order valence-electron chi connectivity index (χ2n) is 8.63. The molecule has 0 aliphatic carbocycles. The van der Waals surface area contributed by atoms with Gasteiger partial charge in [-0.3, -0.25) is 9.69 Å². The van der Waals surface area contributed by atoms with Crippen molar-refractivity contribution in [2.24, 2.45) is 0 Å². The van der Waals surface area contributed by atoms with Crippen molar-refractivity contribution in [1.82, 2.24) is 9.88 Å². The fourth-order valence-corrected chi connectivity index (χ4v) is 5.30. The molecule has 1 N–H and O–H groups in total. The second-order valence-corrected chi connectivity index (χ2v) is 8.63. The minimum absolute atomic E-state index is 0.00908. The minimum Gasteiger partial charge on any atom is -0.545 e. The number of amides is 3. The Morgan fingerprint density at radius 3 is 2.60 bits per heavy atom. The SMILES string of the molecule is COc1cccc([C@H]2c3[nH]c4ccccc4c3C[C@H]3C(=O)N(c4ccccc4C(=O)[O-])C(=O)N23)c1. The van der Waals surface area contributed by atoms with Crippen LogP contribution in [0.2, 0.25) is 0 Å². The molecule has 1 fully saturated rings. The van der Waals surface area contributed by atoms with Gasteiger partial charge in [0.2, 0.25) is 0 Å². The number of ether oxygens (including phenoxy) is 1. The normalized spacial score (nSPS) is 19.1. The molecule has 1 saturated heterocycles. The molecule has 2 aliphatic rings. The Morgan fingerprint density at radius 1 is 1.03 bits per heavy atom. The van der Waals surface area contributed by atoms with Gasteiger partial charge < -0.3 is 19.6 Å². The third-order valence-corrected chi connectivity index (χ3v) is 6.82. The summed E-state index contributed by atoms with van der Waals surface area (Å²) < 4.78 is 5.42. The molecule has 3 amide bonds. The topological polar surface area (TPSA) is 106 Å². The summed E-state index contributed by atoms with van der Waals surface area (Å²) in [5.41, 5.74) is 3.28. The maximum absolute atomic E-state index is 13.9. The summed E-state index contributed by atoms with van der Waals surface area (Å²) in [6.07, 6.45) is 0.314. The molecule has 4 aromatic rings. The number of urea groups is 1. The number of methoxy groups -OCH3 is 1. The average Bonchev–Trinajstić information content (AvgIpc) is 3.37. The van der Waals surface area contributed by atoms with Crippen LogP contribution in [0.3, 0.4) is 0 Å². The van der Waals surface area contributed by atoms with Gasteiger partial charge in [0.1, 0.15) is 17.8 Å². The van der Waals surface area contributed by atoms with E-state index in [9.17, 15) is 19.5 Å². The number of hydrogen-bond donors (Lipinski definition) is 1. The van der Waals surface area contributed by atoms with E-state index >= 15 is 0 Å². The number of carboxylic acid groups (broad SMARTS) is 1. The minimum atomic E-state index is -1.45. The monoisotopic (exact) mass is 466 g/mol. The molecule has 0 bridgehead atoms. The number of carboxylic acids is 1. The van der Waals surface area contributed by atoms with E-state index in [4.69, 9.17) is 4.74 Å². The maximum atomic E-state index is 13.9. The molecule has 0 spiro atoms. The Morgan fingerprint density at radius 2 is 1.80 bits per heavy atom. The lowest BCUT2D eigenvalue weighted by molar-refractivity contribution is -0.254. The van der Waals surface area contributed by atoms with E-state index in [1.165, 1.54) is 18.2 Å². The van der Waals surface area contributed by atoms with E-state index in [1.807, 2.05) is 48.5 Å². The number of benzene rings is 3. The number of para-hydroxylation sites is 2. The Kier molecular flexibility index (Phi) is 4.63. The summed E-state index contributed by atoms with van der Waals surface area (Å²) in [6, 6.07) is 19.2. The highest BCUT2D eigenvalue weighted by Gasteiger charge is 2.53. The quantitative estimate of drug-likeness (QED) is 0.466. The van der Waals surface area contributed by atoms with Crippen molar-refractivity contribution in [2.45, 2.75) is 18.5 Å². The number of aromatic nitrogens is 1. The van der Waals surface area contributed by atoms with Crippen LogP contribution in [0, 0.1) is 0 Å². The van der Waals surface area contributed by atoms with Crippen molar-refractivity contribution in [3.8, 4) is 5.75 Å². The highest BCUT2D eigenvalue weighted by atomic mass is 16.5. The van der Waals surface area contributed by atoms with Crippen molar-refractivity contribution in [1.29, 1.82) is 0 Å². The first-order valence-electron chi connectivity index (χ1n) is 11.2. The van der Waals surface area contributed by atoms with E-state index in [1.54, 1.807) is 18.1 Å². The van der Waals surface area contributed by atoms with Crippen molar-refractivity contribution in [2.75, 3.05) is 12.0 Å². The number of carbonyl (C=O) groups excluding carboxylic acids is 3. The lowest BCUT2D eigenvalue weighted by Gasteiger charge is -2.36. The predicted octanol–water partition coefficient (Wildman–Crippen LogP) is 3.02. The lowest BCUT2D eigenvalue weighted by atomic mass is 9.89. The molecule has 3 aromatic carbocycles. The van der Waals surface area contributed by atoms with Gasteiger partial charge in [-0.1, -0.05) is 48.5 Å². The molecular formula is C27H20N3O5-. The van der Waals surface area contributed by atoms with Crippen LogP contribution in [0.25, 0.3) is 10.9 Å². The number of fused-ring (bicyclic) bond motifs is 4. The highest BCUT2D eigenvalue weighted by Crippen LogP contribution is 2.45. The van der Waals surface area contributed by atoms with Gasteiger partial charge in [0.15, 0.2) is 0 Å². The number of imide groups is 1. The van der Waals surface area contributed by atoms with Crippen molar-refractivity contribution in [3.63, 3.8) is 0 Å².